The lowest BCUT2D eigenvalue weighted by atomic mass is 9.17. The lowest BCUT2D eigenvalue weighted by molar-refractivity contribution is -0.282. The molecule has 4 heterocycles. The average Bonchev–Trinajstić information content (AvgIpc) is 3.55. The van der Waals surface area contributed by atoms with Gasteiger partial charge in [0.05, 0.1) is 24.4 Å². The van der Waals surface area contributed by atoms with Crippen LogP contribution in [0.4, 0.5) is 105 Å². The molecule has 0 aromatic rings. The molecule has 4 nitrogen and oxygen atoms in total. The molecule has 20 unspecified atom stereocenters. The third kappa shape index (κ3) is 4.94. The standard InChI is InChI=1S/C42H39BF24N2O2/c44-31(45)10-1-18-20(3-12(10)33(48,49)39(31,60)61)68-22-5-14-16(37(56,57)41(64,65)35(14,52)53)7-24(22)70-26-9-27-30-28(29(26)68)43(18)19-2-11-13(34(50,51)40(62,63)32(11,46)47)4-21(19)69(30)23-6-15-17(8-25(23)71-27)38(58,59)42(66,67)36(15,54)55/h10-30H,1-9H2. The van der Waals surface area contributed by atoms with Crippen LogP contribution in [0.3, 0.4) is 0 Å². The van der Waals surface area contributed by atoms with E-state index in [1.165, 1.54) is 0 Å². The number of morpholine rings is 2. The van der Waals surface area contributed by atoms with Crippen molar-refractivity contribution in [3.8, 4) is 0 Å². The number of alkyl halides is 24. The normalized spacial score (nSPS) is 54.9. The average molecular weight is 1070 g/mol. The first-order valence-corrected chi connectivity index (χ1v) is 23.7. The maximum absolute atomic E-state index is 15.9. The van der Waals surface area contributed by atoms with E-state index >= 15 is 105 Å². The second-order valence-corrected chi connectivity index (χ2v) is 23.3. The van der Waals surface area contributed by atoms with Crippen LogP contribution in [0.5, 0.6) is 0 Å². The molecule has 13 fully saturated rings. The molecule has 4 saturated heterocycles. The molecule has 0 spiro atoms. The van der Waals surface area contributed by atoms with Gasteiger partial charge in [0, 0.05) is 90.0 Å². The SMILES string of the molecule is FC1(F)C2CC3OC4CC5OC6CC7C(CC6N6C8CC9C(CC8B8C%10CC%11C(CC%10N(C3CC2C(F)(F)C1(F)F)C4C8C56)C(F)(F)C(F)(F)C%11(F)F)C(F)(F)C(F)(F)C9(F)F)C(F)(F)C(F)(F)C7(F)F. The Morgan fingerprint density at radius 3 is 0.803 bits per heavy atom. The number of ether oxygens (including phenoxy) is 2. The van der Waals surface area contributed by atoms with Gasteiger partial charge in [-0.05, 0) is 68.8 Å². The molecular weight excluding hydrogens is 1030 g/mol. The van der Waals surface area contributed by atoms with E-state index in [1.54, 1.807) is 0 Å². The Hall–Kier alpha value is -1.78. The highest BCUT2D eigenvalue weighted by molar-refractivity contribution is 6.65. The molecule has 0 bridgehead atoms. The molecule has 0 amide bonds. The fourth-order valence-corrected chi connectivity index (χ4v) is 18.5. The van der Waals surface area contributed by atoms with Gasteiger partial charge in [0.25, 0.3) is 0 Å². The van der Waals surface area contributed by atoms with Crippen LogP contribution in [-0.4, -0.2) is 148 Å². The second-order valence-electron chi connectivity index (χ2n) is 23.3. The van der Waals surface area contributed by atoms with Crippen LogP contribution in [0.1, 0.15) is 57.8 Å². The topological polar surface area (TPSA) is 24.9 Å². The summed E-state index contributed by atoms with van der Waals surface area (Å²) in [6, 6.07) is -10.6. The molecular formula is C42H39BF24N2O2. The lowest BCUT2D eigenvalue weighted by Crippen LogP contribution is -2.84. The Kier molecular flexibility index (Phi) is 9.03. The number of fused-ring (bicyclic) bond motifs is 14. The van der Waals surface area contributed by atoms with Gasteiger partial charge in [-0.3, -0.25) is 9.80 Å². The first-order valence-electron chi connectivity index (χ1n) is 23.7. The predicted octanol–water partition coefficient (Wildman–Crippen LogP) is 11.2. The highest BCUT2D eigenvalue weighted by atomic mass is 19.4. The summed E-state index contributed by atoms with van der Waals surface area (Å²) in [7, 11) is 0. The van der Waals surface area contributed by atoms with Gasteiger partial charge in [0.15, 0.2) is 6.71 Å². The van der Waals surface area contributed by atoms with Gasteiger partial charge in [-0.15, -0.1) is 0 Å². The van der Waals surface area contributed by atoms with Crippen LogP contribution < -0.4 is 0 Å². The summed E-state index contributed by atoms with van der Waals surface area (Å²) < 4.78 is 386. The third-order valence-corrected chi connectivity index (χ3v) is 21.2. The fourth-order valence-electron chi connectivity index (χ4n) is 18.5. The summed E-state index contributed by atoms with van der Waals surface area (Å²) in [5.74, 6) is -96.8. The second kappa shape index (κ2) is 13.1. The molecule has 0 aromatic carbocycles. The van der Waals surface area contributed by atoms with Gasteiger partial charge >= 0.3 is 71.1 Å². The first-order chi connectivity index (χ1) is 32.3. The fraction of sp³-hybridized carbons (Fsp3) is 1.00. The lowest BCUT2D eigenvalue weighted by Gasteiger charge is -2.75. The molecule has 9 aliphatic carbocycles. The number of rotatable bonds is 0. The summed E-state index contributed by atoms with van der Waals surface area (Å²) in [5.41, 5.74) is 0. The van der Waals surface area contributed by atoms with E-state index in [4.69, 9.17) is 9.47 Å². The summed E-state index contributed by atoms with van der Waals surface area (Å²) in [6.07, 6.45) is -18.4. The van der Waals surface area contributed by atoms with E-state index < -0.39 is 261 Å². The van der Waals surface area contributed by atoms with Crippen LogP contribution >= 0.6 is 0 Å². The molecule has 0 N–H and O–H groups in total. The molecule has 400 valence electrons. The minimum atomic E-state index is -6.09. The van der Waals surface area contributed by atoms with Crippen molar-refractivity contribution in [1.82, 2.24) is 9.80 Å². The highest BCUT2D eigenvalue weighted by Crippen LogP contribution is 2.77. The van der Waals surface area contributed by atoms with Gasteiger partial charge < -0.3 is 9.47 Å². The first kappa shape index (κ1) is 48.8. The Labute approximate surface area is 385 Å². The molecule has 29 heteroatoms. The molecule has 20 atom stereocenters. The van der Waals surface area contributed by atoms with E-state index in [2.05, 4.69) is 0 Å². The van der Waals surface area contributed by atoms with E-state index in [-0.39, 0.29) is 0 Å². The van der Waals surface area contributed by atoms with Crippen molar-refractivity contribution in [3.05, 3.63) is 0 Å². The maximum Gasteiger partial charge on any atom is 0.372 e. The zero-order valence-electron chi connectivity index (χ0n) is 35.8. The summed E-state index contributed by atoms with van der Waals surface area (Å²) in [6.45, 7) is -1.67. The quantitative estimate of drug-likeness (QED) is 0.178. The van der Waals surface area contributed by atoms with Crippen molar-refractivity contribution < 1.29 is 115 Å². The van der Waals surface area contributed by atoms with Crippen LogP contribution in [-0.2, 0) is 9.47 Å². The van der Waals surface area contributed by atoms with Crippen molar-refractivity contribution in [1.29, 1.82) is 0 Å². The number of hydrogen-bond donors (Lipinski definition) is 0. The minimum Gasteiger partial charge on any atom is -0.372 e. The van der Waals surface area contributed by atoms with E-state index in [0.717, 1.165) is 9.80 Å². The van der Waals surface area contributed by atoms with Gasteiger partial charge in [0.2, 0.25) is 0 Å². The maximum atomic E-state index is 15.9. The van der Waals surface area contributed by atoms with Crippen LogP contribution in [0.15, 0.2) is 0 Å². The van der Waals surface area contributed by atoms with Crippen LogP contribution in [0.25, 0.3) is 0 Å². The Morgan fingerprint density at radius 2 is 0.521 bits per heavy atom. The highest BCUT2D eigenvalue weighted by Gasteiger charge is 2.91. The monoisotopic (exact) mass is 1070 g/mol. The largest absolute Gasteiger partial charge is 0.372 e. The summed E-state index contributed by atoms with van der Waals surface area (Å²) in [5, 5.41) is 0. The predicted molar refractivity (Wildman–Crippen MR) is 190 cm³/mol. The minimum absolute atomic E-state index is 0.628. The molecule has 71 heavy (non-hydrogen) atoms. The van der Waals surface area contributed by atoms with Crippen LogP contribution in [0, 0.1) is 47.3 Å². The van der Waals surface area contributed by atoms with Crippen molar-refractivity contribution in [2.24, 2.45) is 47.3 Å². The van der Waals surface area contributed by atoms with Crippen molar-refractivity contribution in [3.63, 3.8) is 0 Å². The van der Waals surface area contributed by atoms with E-state index in [0.29, 0.717) is 0 Å². The molecule has 13 rings (SSSR count). The summed E-state index contributed by atoms with van der Waals surface area (Å²) in [4.78, 5) is 2.24. The van der Waals surface area contributed by atoms with Crippen molar-refractivity contribution in [2.45, 2.75) is 207 Å². The van der Waals surface area contributed by atoms with E-state index in [1.807, 2.05) is 0 Å². The van der Waals surface area contributed by atoms with Crippen molar-refractivity contribution >= 4 is 6.71 Å². The van der Waals surface area contributed by atoms with Gasteiger partial charge in [-0.25, -0.2) is 0 Å². The smallest absolute Gasteiger partial charge is 0.372 e. The van der Waals surface area contributed by atoms with Gasteiger partial charge in [-0.2, -0.15) is 105 Å². The van der Waals surface area contributed by atoms with Gasteiger partial charge in [0.1, 0.15) is 0 Å². The Bertz CT molecular complexity index is 2150. The number of halogens is 24. The van der Waals surface area contributed by atoms with E-state index in [9.17, 15) is 0 Å². The zero-order chi connectivity index (χ0) is 51.6. The molecule has 9 saturated carbocycles. The number of nitrogens with zero attached hydrogens (tertiary/aromatic N) is 2. The van der Waals surface area contributed by atoms with Crippen molar-refractivity contribution in [2.75, 3.05) is 0 Å². The molecule has 0 radical (unpaired) electrons. The molecule has 13 aliphatic rings. The molecule has 4 aliphatic heterocycles. The van der Waals surface area contributed by atoms with Gasteiger partial charge in [-0.1, -0.05) is 0 Å². The Balaban J connectivity index is 1.000. The summed E-state index contributed by atoms with van der Waals surface area (Å²) >= 11 is 0. The molecule has 0 aromatic heterocycles. The third-order valence-electron chi connectivity index (χ3n) is 21.2. The number of hydrogen-bond acceptors (Lipinski definition) is 4. The zero-order valence-corrected chi connectivity index (χ0v) is 35.8. The Morgan fingerprint density at radius 1 is 0.282 bits per heavy atom. The van der Waals surface area contributed by atoms with Crippen LogP contribution in [0.2, 0.25) is 17.5 Å².